The highest BCUT2D eigenvalue weighted by atomic mass is 32.2. The summed E-state index contributed by atoms with van der Waals surface area (Å²) >= 11 is 0.889. The molecule has 0 aliphatic carbocycles. The fraction of sp³-hybridized carbons (Fsp3) is 0.500. The third kappa shape index (κ3) is 0.483. The molecule has 0 aromatic carbocycles. The predicted octanol–water partition coefficient (Wildman–Crippen LogP) is -0.281. The van der Waals surface area contributed by atoms with E-state index in [0.717, 1.165) is 11.8 Å². The van der Waals surface area contributed by atoms with Crippen LogP contribution in [0, 0.1) is 0 Å². The molecule has 6 heavy (non-hydrogen) atoms. The van der Waals surface area contributed by atoms with Crippen molar-refractivity contribution in [2.24, 2.45) is 0 Å². The molecule has 1 saturated heterocycles. The third-order valence-corrected chi connectivity index (χ3v) is 1.13. The first-order valence-corrected chi connectivity index (χ1v) is 2.32. The Bertz CT molecular complexity index is 75.6. The van der Waals surface area contributed by atoms with E-state index in [9.17, 15) is 4.79 Å². The van der Waals surface area contributed by atoms with E-state index in [2.05, 4.69) is 5.32 Å². The monoisotopic (exact) mass is 105 g/mol. The van der Waals surface area contributed by atoms with Gasteiger partial charge in [-0.05, 0) is 11.8 Å². The lowest BCUT2D eigenvalue weighted by Gasteiger charge is -2.18. The molecule has 0 spiro atoms. The van der Waals surface area contributed by atoms with Crippen LogP contribution in [0.4, 0.5) is 4.79 Å². The van der Waals surface area contributed by atoms with E-state index in [1.807, 2.05) is 0 Å². The van der Waals surface area contributed by atoms with E-state index in [1.54, 1.807) is 0 Å². The van der Waals surface area contributed by atoms with Crippen LogP contribution < -0.4 is 5.32 Å². The van der Waals surface area contributed by atoms with E-state index in [4.69, 9.17) is 5.11 Å². The Balaban J connectivity index is 2.28. The molecule has 0 aromatic heterocycles. The zero-order valence-corrected chi connectivity index (χ0v) is 3.66. The number of rotatable bonds is 0. The summed E-state index contributed by atoms with van der Waals surface area (Å²) in [6.07, 6.45) is 0. The van der Waals surface area contributed by atoms with Crippen LogP contribution in [-0.4, -0.2) is 15.9 Å². The molecule has 1 fully saturated rings. The zero-order chi connectivity index (χ0) is 4.57. The van der Waals surface area contributed by atoms with E-state index < -0.39 is 5.56 Å². The van der Waals surface area contributed by atoms with Gasteiger partial charge in [-0.1, -0.05) is 0 Å². The van der Waals surface area contributed by atoms with Gasteiger partial charge in [-0.3, -0.25) is 4.79 Å². The molecule has 0 bridgehead atoms. The Morgan fingerprint density at radius 3 is 2.50 bits per heavy atom. The first kappa shape index (κ1) is 3.95. The molecular weight excluding hydrogens is 102 g/mol. The highest BCUT2D eigenvalue weighted by molar-refractivity contribution is 8.15. The number of thioether (sulfide) groups is 1. The lowest BCUT2D eigenvalue weighted by atomic mass is 11.1. The first-order chi connectivity index (χ1) is 2.79. The van der Waals surface area contributed by atoms with Crippen molar-refractivity contribution in [2.45, 2.75) is 5.56 Å². The van der Waals surface area contributed by atoms with Crippen LogP contribution in [-0.2, 0) is 0 Å². The number of aliphatic hydroxyl groups excluding tert-OH is 1. The maximum absolute atomic E-state index is 9.80. The van der Waals surface area contributed by atoms with Crippen molar-refractivity contribution in [3.8, 4) is 0 Å². The second-order valence-corrected chi connectivity index (χ2v) is 1.96. The number of carbonyl (C=O) groups excluding carboxylic acids is 1. The predicted molar refractivity (Wildman–Crippen MR) is 22.1 cm³/mol. The van der Waals surface area contributed by atoms with E-state index >= 15 is 0 Å². The lowest BCUT2D eigenvalue weighted by molar-refractivity contribution is 0.203. The molecule has 1 aliphatic rings. The van der Waals surface area contributed by atoms with Crippen LogP contribution in [0.1, 0.15) is 0 Å². The number of hydrogen-bond acceptors (Lipinski definition) is 3. The highest BCUT2D eigenvalue weighted by Crippen LogP contribution is 2.15. The first-order valence-electron chi connectivity index (χ1n) is 1.44. The van der Waals surface area contributed by atoms with Gasteiger partial charge >= 0.3 is 0 Å². The summed E-state index contributed by atoms with van der Waals surface area (Å²) in [5.74, 6) is 0. The summed E-state index contributed by atoms with van der Waals surface area (Å²) < 4.78 is 0. The summed E-state index contributed by atoms with van der Waals surface area (Å²) in [5.41, 5.74) is -0.641. The molecule has 1 amide bonds. The molecule has 1 aliphatic heterocycles. The van der Waals surface area contributed by atoms with Crippen LogP contribution in [0.5, 0.6) is 0 Å². The summed E-state index contributed by atoms with van der Waals surface area (Å²) in [6.45, 7) is 0. The number of hydrogen-bond donors (Lipinski definition) is 2. The third-order valence-electron chi connectivity index (χ3n) is 0.460. The molecule has 1 atom stereocenters. The number of aliphatic hydroxyl groups is 1. The van der Waals surface area contributed by atoms with Gasteiger partial charge in [0.15, 0.2) is 5.56 Å². The van der Waals surface area contributed by atoms with Gasteiger partial charge in [0.05, 0.1) is 0 Å². The fourth-order valence-corrected chi connectivity index (χ4v) is 0.570. The molecule has 1 rings (SSSR count). The zero-order valence-electron chi connectivity index (χ0n) is 2.84. The normalized spacial score (nSPS) is 31.5. The van der Waals surface area contributed by atoms with E-state index in [-0.39, 0.29) is 5.24 Å². The summed E-state index contributed by atoms with van der Waals surface area (Å²) in [7, 11) is 0. The smallest absolute Gasteiger partial charge is 0.286 e. The van der Waals surface area contributed by atoms with Gasteiger partial charge in [0.1, 0.15) is 0 Å². The van der Waals surface area contributed by atoms with Gasteiger partial charge in [0.25, 0.3) is 5.24 Å². The number of amides is 1. The van der Waals surface area contributed by atoms with Crippen LogP contribution in [0.3, 0.4) is 0 Å². The molecule has 1 unspecified atom stereocenters. The fourth-order valence-electron chi connectivity index (χ4n) is 0.208. The van der Waals surface area contributed by atoms with Crippen molar-refractivity contribution in [1.82, 2.24) is 5.32 Å². The van der Waals surface area contributed by atoms with Crippen molar-refractivity contribution in [2.75, 3.05) is 0 Å². The minimum absolute atomic E-state index is 0.150. The minimum Gasteiger partial charge on any atom is -0.364 e. The minimum atomic E-state index is -0.641. The average molecular weight is 105 g/mol. The Kier molecular flexibility index (Phi) is 0.743. The summed E-state index contributed by atoms with van der Waals surface area (Å²) in [6, 6.07) is 0. The van der Waals surface area contributed by atoms with Gasteiger partial charge in [0, 0.05) is 0 Å². The average Bonchev–Trinajstić information content (AvgIpc) is 1.33. The molecule has 4 heteroatoms. The Labute approximate surface area is 38.7 Å². The molecule has 1 heterocycles. The Morgan fingerprint density at radius 2 is 2.50 bits per heavy atom. The highest BCUT2D eigenvalue weighted by Gasteiger charge is 2.22. The van der Waals surface area contributed by atoms with Crippen molar-refractivity contribution in [1.29, 1.82) is 0 Å². The standard InChI is InChI=1S/C2H3NO2S/c4-1-3-2(5)6-1/h1,4H,(H,3,5). The van der Waals surface area contributed by atoms with E-state index in [1.165, 1.54) is 0 Å². The van der Waals surface area contributed by atoms with Gasteiger partial charge < -0.3 is 10.4 Å². The van der Waals surface area contributed by atoms with Crippen molar-refractivity contribution < 1.29 is 9.90 Å². The number of carbonyl (C=O) groups is 1. The maximum atomic E-state index is 9.80. The molecular formula is C2H3NO2S. The van der Waals surface area contributed by atoms with Crippen LogP contribution in [0.25, 0.3) is 0 Å². The van der Waals surface area contributed by atoms with Gasteiger partial charge in [0.2, 0.25) is 0 Å². The van der Waals surface area contributed by atoms with Crippen molar-refractivity contribution >= 4 is 17.0 Å². The molecule has 3 nitrogen and oxygen atoms in total. The summed E-state index contributed by atoms with van der Waals surface area (Å²) in [4.78, 5) is 9.80. The van der Waals surface area contributed by atoms with E-state index in [0.29, 0.717) is 0 Å². The Hall–Kier alpha value is -0.220. The Morgan fingerprint density at radius 1 is 2.00 bits per heavy atom. The molecule has 34 valence electrons. The van der Waals surface area contributed by atoms with Gasteiger partial charge in [-0.15, -0.1) is 0 Å². The number of nitrogens with one attached hydrogen (secondary N) is 1. The van der Waals surface area contributed by atoms with Crippen LogP contribution in [0.15, 0.2) is 0 Å². The van der Waals surface area contributed by atoms with Crippen molar-refractivity contribution in [3.63, 3.8) is 0 Å². The van der Waals surface area contributed by atoms with Gasteiger partial charge in [-0.2, -0.15) is 0 Å². The molecule has 2 N–H and O–H groups in total. The second-order valence-electron chi connectivity index (χ2n) is 0.902. The van der Waals surface area contributed by atoms with Crippen LogP contribution >= 0.6 is 11.8 Å². The van der Waals surface area contributed by atoms with Gasteiger partial charge in [-0.25, -0.2) is 0 Å². The molecule has 0 radical (unpaired) electrons. The summed E-state index contributed by atoms with van der Waals surface area (Å²) in [5, 5.41) is 10.3. The SMILES string of the molecule is O=C1NC(O)S1. The van der Waals surface area contributed by atoms with Crippen molar-refractivity contribution in [3.05, 3.63) is 0 Å². The quantitative estimate of drug-likeness (QED) is 0.445. The molecule has 0 aromatic rings. The molecule has 0 saturated carbocycles. The largest absolute Gasteiger partial charge is 0.364 e. The van der Waals surface area contributed by atoms with Crippen LogP contribution in [0.2, 0.25) is 0 Å². The second kappa shape index (κ2) is 1.13. The topological polar surface area (TPSA) is 49.3 Å². The lowest BCUT2D eigenvalue weighted by Crippen LogP contribution is -2.40. The maximum Gasteiger partial charge on any atom is 0.286 e.